The average Bonchev–Trinajstić information content (AvgIpc) is 2.69. The summed E-state index contributed by atoms with van der Waals surface area (Å²) in [6, 6.07) is 1.30. The summed E-state index contributed by atoms with van der Waals surface area (Å²) in [6.07, 6.45) is 0. The van der Waals surface area contributed by atoms with Crippen LogP contribution in [0.25, 0.3) is 0 Å². The molecule has 0 radical (unpaired) electrons. The second-order valence-corrected chi connectivity index (χ2v) is 6.93. The van der Waals surface area contributed by atoms with E-state index in [9.17, 15) is 17.2 Å². The quantitative estimate of drug-likeness (QED) is 0.588. The molecule has 0 bridgehead atoms. The third-order valence-electron chi connectivity index (χ3n) is 2.70. The molecule has 1 aliphatic heterocycles. The van der Waals surface area contributed by atoms with E-state index in [1.807, 2.05) is 4.90 Å². The van der Waals surface area contributed by atoms with Crippen molar-refractivity contribution in [2.75, 3.05) is 31.2 Å². The molecule has 2 heterocycles. The van der Waals surface area contributed by atoms with Gasteiger partial charge >= 0.3 is 15.1 Å². The fourth-order valence-corrected chi connectivity index (χ4v) is 2.29. The van der Waals surface area contributed by atoms with Crippen LogP contribution < -0.4 is 9.08 Å². The topological polar surface area (TPSA) is 73.7 Å². The van der Waals surface area contributed by atoms with Crippen LogP contribution in [0.3, 0.4) is 0 Å². The number of anilines is 1. The SMILES string of the molecule is Cn1nc(OS(=O)(=O)C(F)(F)P)cc1N1CCOCC1. The van der Waals surface area contributed by atoms with Crippen LogP contribution >= 0.6 is 9.24 Å². The smallest absolute Gasteiger partial charge is 0.378 e. The first-order valence-corrected chi connectivity index (χ1v) is 7.67. The van der Waals surface area contributed by atoms with E-state index in [2.05, 4.69) is 9.28 Å². The highest BCUT2D eigenvalue weighted by atomic mass is 32.2. The van der Waals surface area contributed by atoms with Crippen molar-refractivity contribution < 1.29 is 26.1 Å². The molecule has 0 N–H and O–H groups in total. The Hall–Kier alpha value is -0.990. The number of rotatable bonds is 4. The monoisotopic (exact) mass is 329 g/mol. The number of hydrogen-bond acceptors (Lipinski definition) is 6. The Bertz CT molecular complexity index is 581. The number of alkyl halides is 2. The fourth-order valence-electron chi connectivity index (χ4n) is 1.73. The molecule has 1 unspecified atom stereocenters. The van der Waals surface area contributed by atoms with Crippen molar-refractivity contribution in [3.63, 3.8) is 0 Å². The van der Waals surface area contributed by atoms with E-state index >= 15 is 0 Å². The normalized spacial score (nSPS) is 17.3. The van der Waals surface area contributed by atoms with Crippen molar-refractivity contribution >= 4 is 25.2 Å². The lowest BCUT2D eigenvalue weighted by Gasteiger charge is -2.28. The highest BCUT2D eigenvalue weighted by Crippen LogP contribution is 2.32. The zero-order chi connectivity index (χ0) is 15.0. The Morgan fingerprint density at radius 2 is 2.05 bits per heavy atom. The van der Waals surface area contributed by atoms with Crippen molar-refractivity contribution in [3.8, 4) is 5.88 Å². The first kappa shape index (κ1) is 15.4. The van der Waals surface area contributed by atoms with Gasteiger partial charge < -0.3 is 13.8 Å². The summed E-state index contributed by atoms with van der Waals surface area (Å²) in [5, 5.41) is 3.77. The number of ether oxygens (including phenoxy) is 1. The van der Waals surface area contributed by atoms with Crippen molar-refractivity contribution in [2.24, 2.45) is 7.05 Å². The van der Waals surface area contributed by atoms with E-state index in [0.29, 0.717) is 32.1 Å². The molecule has 1 saturated heterocycles. The largest absolute Gasteiger partial charge is 0.390 e. The molecule has 1 aliphatic rings. The molecule has 2 rings (SSSR count). The number of aromatic nitrogens is 2. The molecule has 0 saturated carbocycles. The van der Waals surface area contributed by atoms with Crippen molar-refractivity contribution in [1.29, 1.82) is 0 Å². The van der Waals surface area contributed by atoms with Crippen LogP contribution in [0.4, 0.5) is 14.6 Å². The van der Waals surface area contributed by atoms with Crippen LogP contribution in [0.5, 0.6) is 5.88 Å². The van der Waals surface area contributed by atoms with Gasteiger partial charge in [-0.15, -0.1) is 5.10 Å². The molecule has 1 aromatic rings. The van der Waals surface area contributed by atoms with Gasteiger partial charge in [-0.25, -0.2) is 4.68 Å². The Morgan fingerprint density at radius 1 is 1.45 bits per heavy atom. The van der Waals surface area contributed by atoms with E-state index in [4.69, 9.17) is 4.74 Å². The molecule has 0 aliphatic carbocycles. The summed E-state index contributed by atoms with van der Waals surface area (Å²) in [4.78, 5) is -2.17. The van der Waals surface area contributed by atoms with Crippen molar-refractivity contribution in [1.82, 2.24) is 9.78 Å². The summed E-state index contributed by atoms with van der Waals surface area (Å²) < 4.78 is 59.1. The summed E-state index contributed by atoms with van der Waals surface area (Å²) >= 11 is 0. The second kappa shape index (κ2) is 5.42. The van der Waals surface area contributed by atoms with Crippen LogP contribution in [0, 0.1) is 0 Å². The summed E-state index contributed by atoms with van der Waals surface area (Å²) in [5.74, 6) is 0.182. The van der Waals surface area contributed by atoms with Crippen LogP contribution in [-0.2, 0) is 21.9 Å². The lowest BCUT2D eigenvalue weighted by atomic mass is 10.4. The van der Waals surface area contributed by atoms with Crippen LogP contribution in [-0.4, -0.2) is 49.5 Å². The van der Waals surface area contributed by atoms with Gasteiger partial charge in [-0.2, -0.15) is 17.2 Å². The molecule has 20 heavy (non-hydrogen) atoms. The Morgan fingerprint density at radius 3 is 2.60 bits per heavy atom. The molecule has 114 valence electrons. The molecule has 0 spiro atoms. The van der Waals surface area contributed by atoms with Gasteiger partial charge in [-0.3, -0.25) is 0 Å². The highest BCUT2D eigenvalue weighted by molar-refractivity contribution is 7.92. The number of morpholine rings is 1. The van der Waals surface area contributed by atoms with Gasteiger partial charge in [0.25, 0.3) is 5.88 Å². The molecule has 1 fully saturated rings. The Kier molecular flexibility index (Phi) is 4.17. The lowest BCUT2D eigenvalue weighted by molar-refractivity contribution is 0.122. The van der Waals surface area contributed by atoms with Gasteiger partial charge in [-0.1, -0.05) is 0 Å². The maximum absolute atomic E-state index is 12.8. The summed E-state index contributed by atoms with van der Waals surface area (Å²) in [5.41, 5.74) is 0. The minimum Gasteiger partial charge on any atom is -0.378 e. The van der Waals surface area contributed by atoms with Crippen LogP contribution in [0.1, 0.15) is 0 Å². The fraction of sp³-hybridized carbons (Fsp3) is 0.667. The molecule has 1 atom stereocenters. The maximum atomic E-state index is 12.8. The van der Waals surface area contributed by atoms with E-state index in [1.54, 1.807) is 7.05 Å². The van der Waals surface area contributed by atoms with Gasteiger partial charge in [-0.05, 0) is 9.24 Å². The number of halogens is 2. The number of hydrogen-bond donors (Lipinski definition) is 0. The van der Waals surface area contributed by atoms with Gasteiger partial charge in [0.05, 0.1) is 13.2 Å². The van der Waals surface area contributed by atoms with Gasteiger partial charge in [0.15, 0.2) is 0 Å². The molecular weight excluding hydrogens is 315 g/mol. The van der Waals surface area contributed by atoms with Gasteiger partial charge in [0, 0.05) is 26.2 Å². The molecule has 1 aromatic heterocycles. The first-order chi connectivity index (χ1) is 9.21. The minimum atomic E-state index is -5.07. The second-order valence-electron chi connectivity index (χ2n) is 4.16. The van der Waals surface area contributed by atoms with Crippen molar-refractivity contribution in [3.05, 3.63) is 6.07 Å². The molecule has 11 heteroatoms. The predicted molar refractivity (Wildman–Crippen MR) is 70.4 cm³/mol. The average molecular weight is 329 g/mol. The summed E-state index contributed by atoms with van der Waals surface area (Å²) in [6.45, 7) is 2.27. The van der Waals surface area contributed by atoms with E-state index in [0.717, 1.165) is 9.24 Å². The molecule has 7 nitrogen and oxygen atoms in total. The van der Waals surface area contributed by atoms with Crippen LogP contribution in [0.15, 0.2) is 6.07 Å². The zero-order valence-electron chi connectivity index (χ0n) is 10.6. The number of nitrogens with zero attached hydrogens (tertiary/aromatic N) is 3. The first-order valence-electron chi connectivity index (χ1n) is 5.68. The molecular formula is C9H14F2N3O4PS. The highest BCUT2D eigenvalue weighted by Gasteiger charge is 2.42. The van der Waals surface area contributed by atoms with E-state index < -0.39 is 21.0 Å². The third-order valence-corrected chi connectivity index (χ3v) is 4.62. The van der Waals surface area contributed by atoms with E-state index in [1.165, 1.54) is 10.7 Å². The lowest BCUT2D eigenvalue weighted by Crippen LogP contribution is -2.37. The van der Waals surface area contributed by atoms with Gasteiger partial charge in [0.1, 0.15) is 5.82 Å². The summed E-state index contributed by atoms with van der Waals surface area (Å²) in [7, 11) is -2.58. The minimum absolute atomic E-state index is 0.392. The maximum Gasteiger partial charge on any atom is 0.390 e. The Labute approximate surface area is 117 Å². The molecule has 0 aromatic carbocycles. The van der Waals surface area contributed by atoms with Crippen LogP contribution in [0.2, 0.25) is 0 Å². The predicted octanol–water partition coefficient (Wildman–Crippen LogP) is 0.391. The standard InChI is InChI=1S/C9H14F2N3O4PS/c1-13-8(14-2-4-17-5-3-14)6-7(12-13)18-20(15,16)9(10,11)19/h6H,2-5,19H2,1H3. The Balaban J connectivity index is 2.19. The number of aryl methyl sites for hydroxylation is 1. The zero-order valence-corrected chi connectivity index (χ0v) is 12.6. The third kappa shape index (κ3) is 3.18. The molecule has 0 amide bonds. The van der Waals surface area contributed by atoms with Gasteiger partial charge in [0.2, 0.25) is 0 Å². The van der Waals surface area contributed by atoms with E-state index in [-0.39, 0.29) is 0 Å². The van der Waals surface area contributed by atoms with Crippen molar-refractivity contribution in [2.45, 2.75) is 5.00 Å².